The molecule has 3 N–H and O–H groups in total. The lowest BCUT2D eigenvalue weighted by atomic mass is 9.59. The van der Waals surface area contributed by atoms with Crippen LogP contribution < -0.4 is 0 Å². The standard InChI is InChI=1S/C28H44O3/c1-19-21(17-22(29)18-24(19)30)9-8-20-7-5-13-27(4)23(20)10-11-25(27)28(15-16-28)14-6-12-26(2,3)31/h8-9,22-25,29-31H,1,5-7,10-18H2,2-4H3/b20-8+,21-9-/t22-,23?,24+,25+,27+/m1/s1/i2D,3D3/t22-,23?,24+,25+,26?,27+. The van der Waals surface area contributed by atoms with E-state index in [0.29, 0.717) is 31.1 Å². The predicted octanol–water partition coefficient (Wildman–Crippen LogP) is 5.85. The third-order valence-corrected chi connectivity index (χ3v) is 9.13. The van der Waals surface area contributed by atoms with Crippen molar-refractivity contribution in [1.82, 2.24) is 0 Å². The molecule has 0 radical (unpaired) electrons. The first-order valence-corrected chi connectivity index (χ1v) is 12.3. The number of aliphatic hydroxyl groups is 3. The van der Waals surface area contributed by atoms with Gasteiger partial charge in [0.1, 0.15) is 0 Å². The Labute approximate surface area is 195 Å². The van der Waals surface area contributed by atoms with Crippen LogP contribution in [0.2, 0.25) is 0 Å². The molecule has 31 heavy (non-hydrogen) atoms. The summed E-state index contributed by atoms with van der Waals surface area (Å²) in [5.74, 6) is 1.15. The lowest BCUT2D eigenvalue weighted by Gasteiger charge is -2.45. The minimum atomic E-state index is -2.51. The van der Waals surface area contributed by atoms with Gasteiger partial charge < -0.3 is 15.3 Å². The van der Waals surface area contributed by atoms with E-state index >= 15 is 0 Å². The van der Waals surface area contributed by atoms with Gasteiger partial charge in [-0.1, -0.05) is 37.6 Å². The summed E-state index contributed by atoms with van der Waals surface area (Å²) < 4.78 is 30.5. The molecule has 0 amide bonds. The average molecular weight is 433 g/mol. The molecule has 4 aliphatic rings. The highest BCUT2D eigenvalue weighted by Gasteiger charge is 2.60. The number of hydrogen-bond acceptors (Lipinski definition) is 3. The van der Waals surface area contributed by atoms with Crippen molar-refractivity contribution in [2.45, 2.75) is 116 Å². The minimum absolute atomic E-state index is 0.169. The van der Waals surface area contributed by atoms with Gasteiger partial charge >= 0.3 is 0 Å². The van der Waals surface area contributed by atoms with Crippen molar-refractivity contribution in [3.05, 3.63) is 35.5 Å². The fraction of sp³-hybridized carbons (Fsp3) is 0.786. The Morgan fingerprint density at radius 2 is 2.03 bits per heavy atom. The second-order valence-corrected chi connectivity index (χ2v) is 11.4. The van der Waals surface area contributed by atoms with E-state index in [1.54, 1.807) is 0 Å². The van der Waals surface area contributed by atoms with E-state index < -0.39 is 31.6 Å². The molecule has 6 atom stereocenters. The quantitative estimate of drug-likeness (QED) is 0.493. The van der Waals surface area contributed by atoms with Crippen LogP contribution in [0.25, 0.3) is 0 Å². The molecule has 4 aliphatic carbocycles. The Kier molecular flexibility index (Phi) is 5.06. The smallest absolute Gasteiger partial charge is 0.0811 e. The third kappa shape index (κ3) is 4.75. The summed E-state index contributed by atoms with van der Waals surface area (Å²) in [5, 5.41) is 30.8. The van der Waals surface area contributed by atoms with Crippen LogP contribution in [0.3, 0.4) is 0 Å². The molecule has 4 rings (SSSR count). The number of allylic oxidation sites excluding steroid dienone is 3. The highest BCUT2D eigenvalue weighted by Crippen LogP contribution is 2.70. The second-order valence-electron chi connectivity index (χ2n) is 11.4. The highest BCUT2D eigenvalue weighted by molar-refractivity contribution is 5.38. The van der Waals surface area contributed by atoms with Gasteiger partial charge in [-0.25, -0.2) is 0 Å². The lowest BCUT2D eigenvalue weighted by molar-refractivity contribution is 0.0521. The molecule has 4 fully saturated rings. The topological polar surface area (TPSA) is 60.7 Å². The van der Waals surface area contributed by atoms with Crippen LogP contribution >= 0.6 is 0 Å². The van der Waals surface area contributed by atoms with Gasteiger partial charge in [0.15, 0.2) is 0 Å². The van der Waals surface area contributed by atoms with Crippen LogP contribution in [-0.4, -0.2) is 33.1 Å². The summed E-state index contributed by atoms with van der Waals surface area (Å²) in [7, 11) is 0. The van der Waals surface area contributed by atoms with E-state index in [1.165, 1.54) is 44.1 Å². The van der Waals surface area contributed by atoms with Crippen molar-refractivity contribution in [2.24, 2.45) is 22.7 Å². The van der Waals surface area contributed by atoms with E-state index in [-0.39, 0.29) is 17.3 Å². The van der Waals surface area contributed by atoms with E-state index in [9.17, 15) is 15.3 Å². The van der Waals surface area contributed by atoms with Crippen molar-refractivity contribution in [1.29, 1.82) is 0 Å². The number of aliphatic hydroxyl groups excluding tert-OH is 2. The normalized spacial score (nSPS) is 44.2. The number of fused-ring (bicyclic) bond motifs is 1. The van der Waals surface area contributed by atoms with Crippen LogP contribution in [0.4, 0.5) is 0 Å². The van der Waals surface area contributed by atoms with Crippen molar-refractivity contribution in [3.8, 4) is 0 Å². The third-order valence-electron chi connectivity index (χ3n) is 9.13. The van der Waals surface area contributed by atoms with Crippen molar-refractivity contribution in [2.75, 3.05) is 0 Å². The molecule has 4 saturated carbocycles. The predicted molar refractivity (Wildman–Crippen MR) is 127 cm³/mol. The molecule has 3 heteroatoms. The fourth-order valence-corrected chi connectivity index (χ4v) is 7.38. The molecule has 0 spiro atoms. The molecule has 174 valence electrons. The Hall–Kier alpha value is -0.900. The molecule has 0 aromatic carbocycles. The van der Waals surface area contributed by atoms with E-state index in [1.807, 2.05) is 0 Å². The van der Waals surface area contributed by atoms with Gasteiger partial charge in [0.25, 0.3) is 0 Å². The molecule has 0 aliphatic heterocycles. The monoisotopic (exact) mass is 432 g/mol. The summed E-state index contributed by atoms with van der Waals surface area (Å²) in [6.45, 7) is 3.52. The Morgan fingerprint density at radius 3 is 2.74 bits per heavy atom. The Morgan fingerprint density at radius 1 is 1.23 bits per heavy atom. The minimum Gasteiger partial charge on any atom is -0.393 e. The van der Waals surface area contributed by atoms with Crippen LogP contribution in [0.15, 0.2) is 35.5 Å². The zero-order valence-electron chi connectivity index (χ0n) is 23.2. The zero-order chi connectivity index (χ0) is 25.6. The first-order chi connectivity index (χ1) is 16.4. The van der Waals surface area contributed by atoms with Gasteiger partial charge in [0.2, 0.25) is 0 Å². The SMILES string of the molecule is [2H]CC(O)(CCCC1([C@H]2CCC3/C(=C/C=C4/C[C@@H](O)C[C@H](O)C4=C)CCC[C@@]32C)CC1)C([2H])([2H])[2H]. The van der Waals surface area contributed by atoms with Gasteiger partial charge in [0.05, 0.1) is 17.8 Å². The van der Waals surface area contributed by atoms with Gasteiger partial charge in [-0.15, -0.1) is 0 Å². The summed E-state index contributed by atoms with van der Waals surface area (Å²) in [5.41, 5.74) is 1.77. The van der Waals surface area contributed by atoms with Gasteiger partial charge in [-0.3, -0.25) is 0 Å². The highest BCUT2D eigenvalue weighted by atomic mass is 16.3. The maximum Gasteiger partial charge on any atom is 0.0811 e. The maximum absolute atomic E-state index is 10.5. The van der Waals surface area contributed by atoms with E-state index in [4.69, 9.17) is 5.48 Å². The average Bonchev–Trinajstić information content (AvgIpc) is 3.46. The molecule has 2 unspecified atom stereocenters. The zero-order valence-corrected chi connectivity index (χ0v) is 19.2. The maximum atomic E-state index is 10.5. The van der Waals surface area contributed by atoms with Gasteiger partial charge in [-0.05, 0) is 112 Å². The summed E-state index contributed by atoms with van der Waals surface area (Å²) in [6, 6.07) is 0. The molecular weight excluding hydrogens is 384 g/mol. The summed E-state index contributed by atoms with van der Waals surface area (Å²) in [4.78, 5) is 0. The summed E-state index contributed by atoms with van der Waals surface area (Å²) >= 11 is 0. The lowest BCUT2D eigenvalue weighted by Crippen LogP contribution is -2.37. The van der Waals surface area contributed by atoms with Gasteiger partial charge in [0, 0.05) is 11.9 Å². The molecule has 0 aromatic heterocycles. The van der Waals surface area contributed by atoms with Crippen molar-refractivity contribution in [3.63, 3.8) is 0 Å². The fourth-order valence-electron chi connectivity index (χ4n) is 7.38. The molecule has 0 saturated heterocycles. The van der Waals surface area contributed by atoms with E-state index in [0.717, 1.165) is 24.0 Å². The number of hydrogen-bond donors (Lipinski definition) is 3. The van der Waals surface area contributed by atoms with Crippen LogP contribution in [-0.2, 0) is 0 Å². The largest absolute Gasteiger partial charge is 0.393 e. The number of rotatable bonds is 6. The molecule has 0 bridgehead atoms. The second kappa shape index (κ2) is 8.47. The first kappa shape index (κ1) is 18.5. The van der Waals surface area contributed by atoms with E-state index in [2.05, 4.69) is 25.7 Å². The molecule has 3 nitrogen and oxygen atoms in total. The van der Waals surface area contributed by atoms with Crippen LogP contribution in [0, 0.1) is 22.7 Å². The Bertz CT molecular complexity index is 874. The van der Waals surface area contributed by atoms with Crippen molar-refractivity contribution >= 4 is 0 Å². The summed E-state index contributed by atoms with van der Waals surface area (Å²) in [6.07, 6.45) is 14.1. The molecule has 0 aromatic rings. The van der Waals surface area contributed by atoms with Crippen molar-refractivity contribution < 1.29 is 20.8 Å². The molecular formula is C28H44O3. The van der Waals surface area contributed by atoms with Crippen LogP contribution in [0.1, 0.15) is 103 Å². The first-order valence-electron chi connectivity index (χ1n) is 14.5. The Balaban J connectivity index is 1.46. The van der Waals surface area contributed by atoms with Gasteiger partial charge in [-0.2, -0.15) is 0 Å². The van der Waals surface area contributed by atoms with Crippen LogP contribution in [0.5, 0.6) is 0 Å². The molecule has 0 heterocycles.